The molecule has 7 heteroatoms. The van der Waals surface area contributed by atoms with Crippen LogP contribution in [0.25, 0.3) is 0 Å². The largest absolute Gasteiger partial charge is 0.762 e. The van der Waals surface area contributed by atoms with Gasteiger partial charge in [0.05, 0.1) is 0 Å². The van der Waals surface area contributed by atoms with Gasteiger partial charge >= 0.3 is 106 Å². The van der Waals surface area contributed by atoms with E-state index < -0.39 is 7.54 Å². The van der Waals surface area contributed by atoms with Crippen LogP contribution in [0, 0.1) is 0 Å². The van der Waals surface area contributed by atoms with Crippen LogP contribution in [0.3, 0.4) is 0 Å². The fourth-order valence-electron chi connectivity index (χ4n) is 1.46. The van der Waals surface area contributed by atoms with Crippen molar-refractivity contribution in [2.24, 2.45) is 0 Å². The Kier molecular flexibility index (Phi) is 10.6. The maximum absolute atomic E-state index is 9.67. The van der Waals surface area contributed by atoms with E-state index in [1.807, 2.05) is 7.11 Å². The van der Waals surface area contributed by atoms with Gasteiger partial charge in [0.15, 0.2) is 0 Å². The predicted octanol–water partition coefficient (Wildman–Crippen LogP) is 1.10. The predicted molar refractivity (Wildman–Crippen MR) is 51.3 cm³/mol. The second-order valence-electron chi connectivity index (χ2n) is 3.12. The van der Waals surface area contributed by atoms with E-state index in [0.717, 1.165) is 49.0 Å². The number of likely N-dealkylation sites (tertiary alicyclic amines) is 1. The molecule has 0 atom stereocenters. The summed E-state index contributed by atoms with van der Waals surface area (Å²) in [6.07, 6.45) is 3.04. The van der Waals surface area contributed by atoms with E-state index in [1.165, 1.54) is 26.6 Å². The van der Waals surface area contributed by atoms with Gasteiger partial charge in [-0.1, -0.05) is 0 Å². The minimum atomic E-state index is -3.67. The summed E-state index contributed by atoms with van der Waals surface area (Å²) in [5.74, 6) is 0. The number of hydrogen-bond acceptors (Lipinski definition) is 2. The van der Waals surface area contributed by atoms with Crippen LogP contribution in [0.4, 0.5) is 12.9 Å². The Labute approximate surface area is 117 Å². The van der Waals surface area contributed by atoms with Crippen LogP contribution in [0.2, 0.25) is 0 Å². The van der Waals surface area contributed by atoms with Gasteiger partial charge in [0.25, 0.3) is 0 Å². The average Bonchev–Trinajstić information content (AvgIpc) is 2.17. The van der Waals surface area contributed by atoms with E-state index >= 15 is 0 Å². The molecule has 1 fully saturated rings. The molecule has 0 radical (unpaired) electrons. The van der Waals surface area contributed by atoms with Crippen molar-refractivity contribution in [2.45, 2.75) is 18.9 Å². The SMILES string of the molecule is COC1CCN([CH2][K])CC1.FB(F)F. The standard InChI is InChI=1S/C7H14NO.BF3.K/c1-8-5-3-7(9-2)4-6-8;2-1(3)4;/h7H,1,3-6H2,2H3;;. The maximum atomic E-state index is 9.67. The molecule has 0 unspecified atom stereocenters. The van der Waals surface area contributed by atoms with Gasteiger partial charge in [-0.2, -0.15) is 0 Å². The van der Waals surface area contributed by atoms with Gasteiger partial charge in [-0.15, -0.1) is 0 Å². The Balaban J connectivity index is 0.000000364. The first-order chi connectivity index (χ1) is 6.60. The average molecular weight is 235 g/mol. The molecule has 0 bridgehead atoms. The molecular formula is C7H14BF3KNO. The van der Waals surface area contributed by atoms with E-state index in [0.29, 0.717) is 6.10 Å². The van der Waals surface area contributed by atoms with Crippen molar-refractivity contribution in [3.8, 4) is 0 Å². The summed E-state index contributed by atoms with van der Waals surface area (Å²) in [5.41, 5.74) is 0. The van der Waals surface area contributed by atoms with Gasteiger partial charge in [0, 0.05) is 0 Å². The van der Waals surface area contributed by atoms with Crippen LogP contribution in [-0.2, 0) is 4.74 Å². The van der Waals surface area contributed by atoms with Gasteiger partial charge in [0.1, 0.15) is 0 Å². The van der Waals surface area contributed by atoms with Crippen LogP contribution in [0.1, 0.15) is 12.8 Å². The van der Waals surface area contributed by atoms with Crippen LogP contribution in [0.15, 0.2) is 0 Å². The number of nitrogens with zero attached hydrogens (tertiary/aromatic N) is 1. The second-order valence-corrected chi connectivity index (χ2v) is 4.10. The number of piperidine rings is 1. The molecule has 1 aliphatic heterocycles. The first-order valence-corrected chi connectivity index (χ1v) is 6.98. The summed E-state index contributed by atoms with van der Waals surface area (Å²) >= 11 is 0.993. The summed E-state index contributed by atoms with van der Waals surface area (Å²) < 4.78 is 35.7. The molecule has 0 aromatic heterocycles. The molecule has 1 heterocycles. The van der Waals surface area contributed by atoms with Gasteiger partial charge in [-0.25, -0.2) is 0 Å². The monoisotopic (exact) mass is 235 g/mol. The van der Waals surface area contributed by atoms with Gasteiger partial charge < -0.3 is 0 Å². The van der Waals surface area contributed by atoms with Crippen molar-refractivity contribution in [3.63, 3.8) is 0 Å². The van der Waals surface area contributed by atoms with Crippen molar-refractivity contribution in [2.75, 3.05) is 20.8 Å². The fraction of sp³-hybridized carbons (Fsp3) is 1.00. The number of methoxy groups -OCH3 is 1. The van der Waals surface area contributed by atoms with Crippen molar-refractivity contribution in [1.82, 2.24) is 4.90 Å². The Morgan fingerprint density at radius 2 is 1.79 bits per heavy atom. The molecule has 0 aromatic rings. The molecular weight excluding hydrogens is 221 g/mol. The first-order valence-electron chi connectivity index (χ1n) is 4.77. The molecule has 1 saturated heterocycles. The van der Waals surface area contributed by atoms with E-state index in [2.05, 4.69) is 4.90 Å². The quantitative estimate of drug-likeness (QED) is 0.664. The third kappa shape index (κ3) is 8.70. The van der Waals surface area contributed by atoms with Crippen LogP contribution in [-0.4, -0.2) is 88.3 Å². The van der Waals surface area contributed by atoms with Crippen molar-refractivity contribution in [3.05, 3.63) is 0 Å². The van der Waals surface area contributed by atoms with Crippen molar-refractivity contribution in [1.29, 1.82) is 0 Å². The topological polar surface area (TPSA) is 12.5 Å². The summed E-state index contributed by atoms with van der Waals surface area (Å²) in [6, 6.07) is 0. The van der Waals surface area contributed by atoms with Crippen LogP contribution >= 0.6 is 0 Å². The van der Waals surface area contributed by atoms with Gasteiger partial charge in [0.2, 0.25) is 0 Å². The second kappa shape index (κ2) is 9.62. The van der Waals surface area contributed by atoms with E-state index in [1.54, 1.807) is 0 Å². The van der Waals surface area contributed by atoms with E-state index in [-0.39, 0.29) is 0 Å². The van der Waals surface area contributed by atoms with Crippen molar-refractivity contribution >= 4 is 56.5 Å². The molecule has 0 saturated carbocycles. The molecule has 0 N–H and O–H groups in total. The normalized spacial score (nSPS) is 18.7. The molecule has 1 aliphatic rings. The molecule has 78 valence electrons. The third-order valence-electron chi connectivity index (χ3n) is 2.32. The number of rotatable bonds is 2. The van der Waals surface area contributed by atoms with Gasteiger partial charge in [-0.05, 0) is 0 Å². The Hall–Kier alpha value is 1.41. The Morgan fingerprint density at radius 3 is 2.07 bits per heavy atom. The molecule has 0 spiro atoms. The summed E-state index contributed by atoms with van der Waals surface area (Å²) in [5, 5.41) is 0. The zero-order valence-electron chi connectivity index (χ0n) is 8.68. The summed E-state index contributed by atoms with van der Waals surface area (Å²) in [7, 11) is -1.84. The summed E-state index contributed by atoms with van der Waals surface area (Å²) in [6.45, 7) is 2.53. The molecule has 2 nitrogen and oxygen atoms in total. The summed E-state index contributed by atoms with van der Waals surface area (Å²) in [4.78, 5) is 2.55. The first kappa shape index (κ1) is 15.4. The van der Waals surface area contributed by atoms with Gasteiger partial charge in [-0.3, -0.25) is 12.9 Å². The zero-order valence-corrected chi connectivity index (χ0v) is 11.8. The molecule has 0 amide bonds. The van der Waals surface area contributed by atoms with E-state index in [9.17, 15) is 12.9 Å². The molecule has 0 aromatic carbocycles. The maximum Gasteiger partial charge on any atom is 0.762 e. The minimum absolute atomic E-state index is 0.551. The molecule has 0 aliphatic carbocycles. The molecule has 1 rings (SSSR count). The van der Waals surface area contributed by atoms with Crippen LogP contribution < -0.4 is 0 Å². The number of halogens is 3. The third-order valence-corrected chi connectivity index (χ3v) is 3.71. The smallest absolute Gasteiger partial charge is 0.254 e. The minimum Gasteiger partial charge on any atom is -0.254 e. The van der Waals surface area contributed by atoms with Crippen molar-refractivity contribution < 1.29 is 17.7 Å². The van der Waals surface area contributed by atoms with E-state index in [4.69, 9.17) is 4.74 Å². The van der Waals surface area contributed by atoms with Crippen LogP contribution in [0.5, 0.6) is 0 Å². The Morgan fingerprint density at radius 1 is 1.36 bits per heavy atom. The Bertz CT molecular complexity index is 121. The number of ether oxygens (including phenoxy) is 1. The fourth-order valence-corrected chi connectivity index (χ4v) is 2.45. The zero-order chi connectivity index (χ0) is 11.0. The number of hydrogen-bond donors (Lipinski definition) is 0. The molecule has 14 heavy (non-hydrogen) atoms.